The second-order valence-electron chi connectivity index (χ2n) is 8.90. The molecule has 0 bridgehead atoms. The van der Waals surface area contributed by atoms with Crippen LogP contribution < -0.4 is 5.32 Å². The zero-order chi connectivity index (χ0) is 23.4. The molecule has 0 radical (unpaired) electrons. The van der Waals surface area contributed by atoms with Crippen molar-refractivity contribution in [1.82, 2.24) is 25.5 Å². The van der Waals surface area contributed by atoms with Crippen molar-refractivity contribution in [2.45, 2.75) is 50.2 Å². The molecule has 1 N–H and O–H groups in total. The van der Waals surface area contributed by atoms with Crippen LogP contribution in [0.3, 0.4) is 0 Å². The van der Waals surface area contributed by atoms with Gasteiger partial charge in [0.25, 0.3) is 0 Å². The van der Waals surface area contributed by atoms with Crippen molar-refractivity contribution in [3.05, 3.63) is 111 Å². The first-order valence-electron chi connectivity index (χ1n) is 11.7. The summed E-state index contributed by atoms with van der Waals surface area (Å²) in [5.74, 6) is 0.850. The summed E-state index contributed by atoms with van der Waals surface area (Å²) in [5.41, 5.74) is 2.91. The average molecular weight is 492 g/mol. The van der Waals surface area contributed by atoms with Crippen molar-refractivity contribution in [2.24, 2.45) is 0 Å². The zero-order valence-electron chi connectivity index (χ0n) is 18.9. The fraction of sp³-hybridized carbons (Fsp3) is 0.296. The molecule has 5 nitrogen and oxygen atoms in total. The van der Waals surface area contributed by atoms with Gasteiger partial charge in [-0.05, 0) is 58.2 Å². The highest BCUT2D eigenvalue weighted by atomic mass is 35.5. The first-order chi connectivity index (χ1) is 16.7. The summed E-state index contributed by atoms with van der Waals surface area (Å²) in [6, 6.07) is 25.9. The van der Waals surface area contributed by atoms with Gasteiger partial charge in [-0.25, -0.2) is 4.68 Å². The van der Waals surface area contributed by atoms with Crippen molar-refractivity contribution in [3.8, 4) is 0 Å². The number of rotatable bonds is 7. The van der Waals surface area contributed by atoms with Crippen molar-refractivity contribution < 1.29 is 0 Å². The molecule has 0 aliphatic heterocycles. The van der Waals surface area contributed by atoms with Crippen LogP contribution in [-0.4, -0.2) is 20.2 Å². The van der Waals surface area contributed by atoms with Gasteiger partial charge in [-0.1, -0.05) is 103 Å². The minimum Gasteiger partial charge on any atom is -0.301 e. The number of hydrogen-bond acceptors (Lipinski definition) is 4. The van der Waals surface area contributed by atoms with Crippen LogP contribution in [0.2, 0.25) is 10.0 Å². The SMILES string of the molecule is Clc1ccc(C(c2ccccc2Cl)n2nnnc2C2(NCc3ccccc3)CCCCC2)cc1. The maximum Gasteiger partial charge on any atom is 0.172 e. The summed E-state index contributed by atoms with van der Waals surface area (Å²) in [7, 11) is 0. The van der Waals surface area contributed by atoms with E-state index in [0.717, 1.165) is 49.2 Å². The number of tetrazole rings is 1. The Labute approximate surface area is 210 Å². The largest absolute Gasteiger partial charge is 0.301 e. The summed E-state index contributed by atoms with van der Waals surface area (Å²) < 4.78 is 1.95. The lowest BCUT2D eigenvalue weighted by Crippen LogP contribution is -2.46. The summed E-state index contributed by atoms with van der Waals surface area (Å²) in [5, 5.41) is 18.5. The molecule has 1 fully saturated rings. The van der Waals surface area contributed by atoms with E-state index in [0.29, 0.717) is 10.0 Å². The maximum absolute atomic E-state index is 6.71. The normalized spacial score (nSPS) is 16.3. The van der Waals surface area contributed by atoms with Crippen molar-refractivity contribution in [3.63, 3.8) is 0 Å². The van der Waals surface area contributed by atoms with Crippen molar-refractivity contribution in [2.75, 3.05) is 0 Å². The van der Waals surface area contributed by atoms with E-state index in [1.165, 1.54) is 12.0 Å². The smallest absolute Gasteiger partial charge is 0.172 e. The van der Waals surface area contributed by atoms with Gasteiger partial charge in [0.05, 0.1) is 5.54 Å². The monoisotopic (exact) mass is 491 g/mol. The molecule has 0 saturated heterocycles. The Balaban J connectivity index is 1.60. The van der Waals surface area contributed by atoms with E-state index in [1.54, 1.807) is 0 Å². The lowest BCUT2D eigenvalue weighted by molar-refractivity contribution is 0.207. The summed E-state index contributed by atoms with van der Waals surface area (Å²) >= 11 is 12.9. The Morgan fingerprint density at radius 2 is 1.56 bits per heavy atom. The van der Waals surface area contributed by atoms with Gasteiger partial charge >= 0.3 is 0 Å². The molecule has 1 atom stereocenters. The number of nitrogens with zero attached hydrogens (tertiary/aromatic N) is 4. The van der Waals surface area contributed by atoms with Gasteiger partial charge in [0.1, 0.15) is 6.04 Å². The minimum atomic E-state index is -0.316. The van der Waals surface area contributed by atoms with E-state index in [4.69, 9.17) is 23.2 Å². The highest BCUT2D eigenvalue weighted by molar-refractivity contribution is 6.31. The molecule has 7 heteroatoms. The summed E-state index contributed by atoms with van der Waals surface area (Å²) in [4.78, 5) is 0. The van der Waals surface area contributed by atoms with Crippen LogP contribution in [0.4, 0.5) is 0 Å². The van der Waals surface area contributed by atoms with Gasteiger partial charge in [-0.3, -0.25) is 0 Å². The number of benzene rings is 3. The lowest BCUT2D eigenvalue weighted by Gasteiger charge is -2.38. The maximum atomic E-state index is 6.71. The molecule has 3 aromatic carbocycles. The molecule has 1 saturated carbocycles. The molecule has 0 spiro atoms. The summed E-state index contributed by atoms with van der Waals surface area (Å²) in [6.07, 6.45) is 5.45. The Bertz CT molecular complexity index is 1220. The molecule has 4 aromatic rings. The second kappa shape index (κ2) is 10.3. The Morgan fingerprint density at radius 3 is 2.29 bits per heavy atom. The fourth-order valence-corrected chi connectivity index (χ4v) is 5.34. The van der Waals surface area contributed by atoms with E-state index >= 15 is 0 Å². The van der Waals surface area contributed by atoms with Crippen LogP contribution in [-0.2, 0) is 12.1 Å². The summed E-state index contributed by atoms with van der Waals surface area (Å²) in [6.45, 7) is 0.755. The van der Waals surface area contributed by atoms with Crippen molar-refractivity contribution in [1.29, 1.82) is 0 Å². The molecule has 0 amide bonds. The van der Waals surface area contributed by atoms with Gasteiger partial charge in [-0.2, -0.15) is 0 Å². The third-order valence-corrected chi connectivity index (χ3v) is 7.33. The molecule has 5 rings (SSSR count). The van der Waals surface area contributed by atoms with Crippen LogP contribution in [0.25, 0.3) is 0 Å². The number of nitrogens with one attached hydrogen (secondary N) is 1. The number of aromatic nitrogens is 4. The van der Waals surface area contributed by atoms with Gasteiger partial charge in [-0.15, -0.1) is 5.10 Å². The number of hydrogen-bond donors (Lipinski definition) is 1. The van der Waals surface area contributed by atoms with E-state index < -0.39 is 0 Å². The lowest BCUT2D eigenvalue weighted by atomic mass is 9.80. The van der Waals surface area contributed by atoms with Gasteiger partial charge in [0.2, 0.25) is 0 Å². The van der Waals surface area contributed by atoms with Gasteiger partial charge in [0, 0.05) is 16.6 Å². The molecule has 1 aliphatic carbocycles. The third kappa shape index (κ3) is 4.74. The highest BCUT2D eigenvalue weighted by Gasteiger charge is 2.40. The van der Waals surface area contributed by atoms with Gasteiger partial charge < -0.3 is 5.32 Å². The molecule has 174 valence electrons. The van der Waals surface area contributed by atoms with Crippen LogP contribution in [0.5, 0.6) is 0 Å². The first kappa shape index (κ1) is 23.0. The number of halogens is 2. The minimum absolute atomic E-state index is 0.270. The van der Waals surface area contributed by atoms with E-state index in [9.17, 15) is 0 Å². The second-order valence-corrected chi connectivity index (χ2v) is 9.75. The van der Waals surface area contributed by atoms with Crippen LogP contribution >= 0.6 is 23.2 Å². The molecule has 1 aliphatic rings. The van der Waals surface area contributed by atoms with Gasteiger partial charge in [0.15, 0.2) is 5.82 Å². The van der Waals surface area contributed by atoms with E-state index in [1.807, 2.05) is 59.3 Å². The zero-order valence-corrected chi connectivity index (χ0v) is 20.4. The predicted octanol–water partition coefficient (Wildman–Crippen LogP) is 6.57. The predicted molar refractivity (Wildman–Crippen MR) is 136 cm³/mol. The van der Waals surface area contributed by atoms with Crippen LogP contribution in [0.1, 0.15) is 60.7 Å². The van der Waals surface area contributed by atoms with Crippen LogP contribution in [0, 0.1) is 0 Å². The fourth-order valence-electron chi connectivity index (χ4n) is 4.98. The molecule has 1 aromatic heterocycles. The van der Waals surface area contributed by atoms with Crippen molar-refractivity contribution >= 4 is 23.2 Å². The average Bonchev–Trinajstić information content (AvgIpc) is 3.37. The molecule has 1 unspecified atom stereocenters. The van der Waals surface area contributed by atoms with E-state index in [2.05, 4.69) is 45.1 Å². The Morgan fingerprint density at radius 1 is 0.853 bits per heavy atom. The first-order valence-corrected chi connectivity index (χ1v) is 12.5. The third-order valence-electron chi connectivity index (χ3n) is 6.73. The Hall–Kier alpha value is -2.73. The molecular weight excluding hydrogens is 465 g/mol. The topological polar surface area (TPSA) is 55.6 Å². The standard InChI is InChI=1S/C27H27Cl2N5/c28-22-15-13-21(14-16-22)25(23-11-5-6-12-24(23)29)34-26(31-32-33-34)27(17-7-2-8-18-27)30-19-20-9-3-1-4-10-20/h1,3-6,9-16,25,30H,2,7-8,17-19H2. The van der Waals surface area contributed by atoms with E-state index in [-0.39, 0.29) is 11.6 Å². The highest BCUT2D eigenvalue weighted by Crippen LogP contribution is 2.40. The molecule has 34 heavy (non-hydrogen) atoms. The molecule has 1 heterocycles. The quantitative estimate of drug-likeness (QED) is 0.317. The van der Waals surface area contributed by atoms with Crippen LogP contribution in [0.15, 0.2) is 78.9 Å². The Kier molecular flexibility index (Phi) is 6.95. The molecular formula is C27H27Cl2N5.